The number of rotatable bonds is 3. The Balaban J connectivity index is 3.15. The van der Waals surface area contributed by atoms with E-state index in [-0.39, 0.29) is 12.3 Å². The molecule has 4 nitrogen and oxygen atoms in total. The first-order valence-corrected chi connectivity index (χ1v) is 4.77. The molecule has 1 rings (SSSR count). The number of halogens is 1. The van der Waals surface area contributed by atoms with Crippen LogP contribution in [0.25, 0.3) is 0 Å². The van der Waals surface area contributed by atoms with E-state index in [0.29, 0.717) is 10.0 Å². The molecule has 0 radical (unpaired) electrons. The molecule has 0 aliphatic rings. The van der Waals surface area contributed by atoms with Crippen molar-refractivity contribution in [3.63, 3.8) is 0 Å². The van der Waals surface area contributed by atoms with Crippen molar-refractivity contribution in [3.8, 4) is 5.75 Å². The van der Waals surface area contributed by atoms with Crippen molar-refractivity contribution in [2.75, 3.05) is 6.54 Å². The van der Waals surface area contributed by atoms with E-state index in [1.807, 2.05) is 0 Å². The number of nitrogens with two attached hydrogens (primary N) is 1. The minimum Gasteiger partial charge on any atom is -0.508 e. The number of carboxylic acid groups (broad SMARTS) is 1. The molecule has 0 fully saturated rings. The standard InChI is InChI=1S/C9H10BrNO3/c10-8-2-1-5(12)3-6(8)7(4-11)9(13)14/h1-3,7,12H,4,11H2,(H,13,14). The van der Waals surface area contributed by atoms with Gasteiger partial charge in [-0.3, -0.25) is 4.79 Å². The highest BCUT2D eigenvalue weighted by Crippen LogP contribution is 2.28. The predicted molar refractivity (Wildman–Crippen MR) is 55.2 cm³/mol. The first-order valence-electron chi connectivity index (χ1n) is 3.97. The minimum absolute atomic E-state index is 0.00259. The van der Waals surface area contributed by atoms with Crippen molar-refractivity contribution in [1.29, 1.82) is 0 Å². The van der Waals surface area contributed by atoms with Crippen molar-refractivity contribution in [2.45, 2.75) is 5.92 Å². The number of carboxylic acids is 1. The Morgan fingerprint density at radius 3 is 2.71 bits per heavy atom. The molecule has 0 bridgehead atoms. The monoisotopic (exact) mass is 259 g/mol. The Hall–Kier alpha value is -1.07. The topological polar surface area (TPSA) is 83.6 Å². The summed E-state index contributed by atoms with van der Waals surface area (Å²) in [5.41, 5.74) is 5.83. The highest BCUT2D eigenvalue weighted by molar-refractivity contribution is 9.10. The normalized spacial score (nSPS) is 12.4. The number of phenols is 1. The summed E-state index contributed by atoms with van der Waals surface area (Å²) in [4.78, 5) is 10.8. The van der Waals surface area contributed by atoms with Crippen molar-refractivity contribution < 1.29 is 15.0 Å². The van der Waals surface area contributed by atoms with Crippen LogP contribution in [0.5, 0.6) is 5.75 Å². The molecule has 14 heavy (non-hydrogen) atoms. The number of hydrogen-bond donors (Lipinski definition) is 3. The summed E-state index contributed by atoms with van der Waals surface area (Å²) in [6, 6.07) is 4.47. The Morgan fingerprint density at radius 2 is 2.21 bits per heavy atom. The lowest BCUT2D eigenvalue weighted by atomic mass is 9.99. The number of aromatic hydroxyl groups is 1. The lowest BCUT2D eigenvalue weighted by Crippen LogP contribution is -2.21. The summed E-state index contributed by atoms with van der Waals surface area (Å²) in [7, 11) is 0. The molecule has 1 unspecified atom stereocenters. The summed E-state index contributed by atoms with van der Waals surface area (Å²) in [6.07, 6.45) is 0. The van der Waals surface area contributed by atoms with Gasteiger partial charge in [0, 0.05) is 11.0 Å². The third-order valence-electron chi connectivity index (χ3n) is 1.89. The zero-order chi connectivity index (χ0) is 10.7. The highest BCUT2D eigenvalue weighted by Gasteiger charge is 2.20. The van der Waals surface area contributed by atoms with Gasteiger partial charge in [-0.25, -0.2) is 0 Å². The van der Waals surface area contributed by atoms with Gasteiger partial charge in [0.25, 0.3) is 0 Å². The van der Waals surface area contributed by atoms with E-state index in [1.54, 1.807) is 6.07 Å². The number of phenolic OH excluding ortho intramolecular Hbond substituents is 1. The van der Waals surface area contributed by atoms with E-state index >= 15 is 0 Å². The average Bonchev–Trinajstić information content (AvgIpc) is 2.11. The Labute approximate surface area is 89.5 Å². The summed E-state index contributed by atoms with van der Waals surface area (Å²) < 4.78 is 0.633. The maximum atomic E-state index is 10.8. The van der Waals surface area contributed by atoms with Gasteiger partial charge in [0.15, 0.2) is 0 Å². The van der Waals surface area contributed by atoms with Gasteiger partial charge in [-0.2, -0.15) is 0 Å². The first kappa shape index (κ1) is 11.0. The molecule has 0 saturated carbocycles. The van der Waals surface area contributed by atoms with Gasteiger partial charge in [-0.15, -0.1) is 0 Å². The molecule has 0 amide bonds. The molecule has 1 atom stereocenters. The van der Waals surface area contributed by atoms with Gasteiger partial charge >= 0.3 is 5.97 Å². The Morgan fingerprint density at radius 1 is 1.57 bits per heavy atom. The maximum absolute atomic E-state index is 10.8. The van der Waals surface area contributed by atoms with Gasteiger partial charge in [0.2, 0.25) is 0 Å². The van der Waals surface area contributed by atoms with Gasteiger partial charge < -0.3 is 15.9 Å². The van der Waals surface area contributed by atoms with Crippen LogP contribution < -0.4 is 5.73 Å². The van der Waals surface area contributed by atoms with Crippen molar-refractivity contribution in [1.82, 2.24) is 0 Å². The van der Waals surface area contributed by atoms with E-state index in [9.17, 15) is 9.90 Å². The van der Waals surface area contributed by atoms with Crippen LogP contribution in [0.15, 0.2) is 22.7 Å². The van der Waals surface area contributed by atoms with Crippen molar-refractivity contribution in [2.24, 2.45) is 5.73 Å². The lowest BCUT2D eigenvalue weighted by Gasteiger charge is -2.12. The molecule has 0 spiro atoms. The molecule has 0 heterocycles. The first-order chi connectivity index (χ1) is 6.56. The second-order valence-electron chi connectivity index (χ2n) is 2.83. The molecule has 0 aliphatic heterocycles. The van der Waals surface area contributed by atoms with Crippen molar-refractivity contribution >= 4 is 21.9 Å². The molecule has 5 heteroatoms. The van der Waals surface area contributed by atoms with Gasteiger partial charge in [-0.1, -0.05) is 15.9 Å². The van der Waals surface area contributed by atoms with E-state index in [2.05, 4.69) is 15.9 Å². The van der Waals surface area contributed by atoms with Gasteiger partial charge in [0.05, 0.1) is 5.92 Å². The summed E-state index contributed by atoms with van der Waals surface area (Å²) in [5, 5.41) is 18.1. The molecular weight excluding hydrogens is 250 g/mol. The largest absolute Gasteiger partial charge is 0.508 e. The van der Waals surface area contributed by atoms with E-state index in [4.69, 9.17) is 10.8 Å². The molecule has 0 aliphatic carbocycles. The van der Waals surface area contributed by atoms with Crippen LogP contribution in [0.4, 0.5) is 0 Å². The van der Waals surface area contributed by atoms with E-state index in [0.717, 1.165) is 0 Å². The number of benzene rings is 1. The van der Waals surface area contributed by atoms with Crippen LogP contribution in [0.3, 0.4) is 0 Å². The lowest BCUT2D eigenvalue weighted by molar-refractivity contribution is -0.138. The number of carbonyl (C=O) groups is 1. The molecular formula is C9H10BrNO3. The zero-order valence-corrected chi connectivity index (χ0v) is 8.86. The zero-order valence-electron chi connectivity index (χ0n) is 7.27. The van der Waals surface area contributed by atoms with E-state index < -0.39 is 11.9 Å². The van der Waals surface area contributed by atoms with Crippen LogP contribution in [-0.2, 0) is 4.79 Å². The predicted octanol–water partition coefficient (Wildman–Crippen LogP) is 1.28. The van der Waals surface area contributed by atoms with Gasteiger partial charge in [-0.05, 0) is 23.8 Å². The molecule has 76 valence electrons. The van der Waals surface area contributed by atoms with Crippen LogP contribution in [0.2, 0.25) is 0 Å². The molecule has 1 aromatic carbocycles. The fourth-order valence-electron chi connectivity index (χ4n) is 1.16. The Kier molecular flexibility index (Phi) is 3.49. The summed E-state index contributed by atoms with van der Waals surface area (Å²) in [6.45, 7) is -0.00259. The molecule has 1 aromatic rings. The third kappa shape index (κ3) is 2.24. The SMILES string of the molecule is NCC(C(=O)O)c1cc(O)ccc1Br. The molecule has 0 saturated heterocycles. The summed E-state index contributed by atoms with van der Waals surface area (Å²) in [5.74, 6) is -1.77. The number of hydrogen-bond acceptors (Lipinski definition) is 3. The maximum Gasteiger partial charge on any atom is 0.312 e. The third-order valence-corrected chi connectivity index (χ3v) is 2.61. The summed E-state index contributed by atoms with van der Waals surface area (Å²) >= 11 is 3.21. The second kappa shape index (κ2) is 4.43. The van der Waals surface area contributed by atoms with Crippen LogP contribution in [0, 0.1) is 0 Å². The Bertz CT molecular complexity index is 354. The second-order valence-corrected chi connectivity index (χ2v) is 3.69. The van der Waals surface area contributed by atoms with Crippen LogP contribution in [0.1, 0.15) is 11.5 Å². The minimum atomic E-state index is -1.00. The molecule has 0 aromatic heterocycles. The fraction of sp³-hybridized carbons (Fsp3) is 0.222. The quantitative estimate of drug-likeness (QED) is 0.764. The highest BCUT2D eigenvalue weighted by atomic mass is 79.9. The van der Waals surface area contributed by atoms with Crippen molar-refractivity contribution in [3.05, 3.63) is 28.2 Å². The van der Waals surface area contributed by atoms with Crippen LogP contribution >= 0.6 is 15.9 Å². The average molecular weight is 260 g/mol. The fourth-order valence-corrected chi connectivity index (χ4v) is 1.68. The number of aliphatic carboxylic acids is 1. The van der Waals surface area contributed by atoms with E-state index in [1.165, 1.54) is 12.1 Å². The van der Waals surface area contributed by atoms with Gasteiger partial charge in [0.1, 0.15) is 5.75 Å². The smallest absolute Gasteiger partial charge is 0.312 e. The van der Waals surface area contributed by atoms with Crippen LogP contribution in [-0.4, -0.2) is 22.7 Å². The molecule has 4 N–H and O–H groups in total.